The molecule has 0 spiro atoms. The third-order valence-electron chi connectivity index (χ3n) is 3.99. The average Bonchev–Trinajstić information content (AvgIpc) is 3.22. The summed E-state index contributed by atoms with van der Waals surface area (Å²) in [6.45, 7) is 0.527. The molecule has 6 nitrogen and oxygen atoms in total. The smallest absolute Gasteiger partial charge is 0.383 e. The number of nitrogens with zero attached hydrogens (tertiary/aromatic N) is 2. The Hall–Kier alpha value is -1.59. The third kappa shape index (κ3) is 3.74. The van der Waals surface area contributed by atoms with Gasteiger partial charge in [0.25, 0.3) is 5.91 Å². The van der Waals surface area contributed by atoms with E-state index in [0.717, 1.165) is 9.56 Å². The predicted octanol–water partition coefficient (Wildman–Crippen LogP) is 3.74. The molecule has 0 aliphatic carbocycles. The van der Waals surface area contributed by atoms with Crippen molar-refractivity contribution in [1.29, 1.82) is 0 Å². The van der Waals surface area contributed by atoms with Crippen molar-refractivity contribution in [1.82, 2.24) is 15.1 Å². The number of methoxy groups -OCH3 is 1. The number of hydrogen-bond donors (Lipinski definition) is 2. The molecule has 2 atom stereocenters. The number of fused-ring (bicyclic) bond motifs is 1. The Kier molecular flexibility index (Phi) is 5.58. The Morgan fingerprint density at radius 1 is 1.58 bits per heavy atom. The first-order valence-electron chi connectivity index (χ1n) is 7.74. The van der Waals surface area contributed by atoms with Gasteiger partial charge in [-0.3, -0.25) is 4.79 Å². The van der Waals surface area contributed by atoms with Crippen LogP contribution in [0.2, 0.25) is 0 Å². The summed E-state index contributed by atoms with van der Waals surface area (Å²) in [7, 11) is 1.49. The fourth-order valence-corrected chi connectivity index (χ4v) is 4.11. The largest absolute Gasteiger partial charge is 0.410 e. The maximum absolute atomic E-state index is 13.6. The van der Waals surface area contributed by atoms with Crippen LogP contribution in [0.15, 0.2) is 22.0 Å². The topological polar surface area (TPSA) is 68.2 Å². The fourth-order valence-electron chi connectivity index (χ4n) is 2.76. The van der Waals surface area contributed by atoms with Gasteiger partial charge in [0.1, 0.15) is 5.82 Å². The fraction of sp³-hybridized carbons (Fsp3) is 0.467. The van der Waals surface area contributed by atoms with Gasteiger partial charge < -0.3 is 15.4 Å². The molecule has 0 aromatic carbocycles. The zero-order chi connectivity index (χ0) is 18.9. The summed E-state index contributed by atoms with van der Waals surface area (Å²) in [5.74, 6) is -0.417. The number of ether oxygens (including phenoxy) is 1. The molecule has 0 radical (unpaired) electrons. The second-order valence-electron chi connectivity index (χ2n) is 5.71. The van der Waals surface area contributed by atoms with E-state index in [0.29, 0.717) is 6.61 Å². The second kappa shape index (κ2) is 7.57. The van der Waals surface area contributed by atoms with E-state index in [1.54, 1.807) is 12.1 Å². The van der Waals surface area contributed by atoms with Crippen LogP contribution in [0.5, 0.6) is 0 Å². The molecule has 2 N–H and O–H groups in total. The van der Waals surface area contributed by atoms with Gasteiger partial charge >= 0.3 is 6.18 Å². The van der Waals surface area contributed by atoms with Crippen LogP contribution in [0.25, 0.3) is 0 Å². The first kappa shape index (κ1) is 19.2. The SMILES string of the molecule is COCCNC(=O)c1nn2c(c1Br)N[C@H](c1cccs1)C[C@H]2C(F)(F)F. The van der Waals surface area contributed by atoms with Gasteiger partial charge in [-0.2, -0.15) is 18.3 Å². The van der Waals surface area contributed by atoms with Crippen LogP contribution in [-0.2, 0) is 4.74 Å². The lowest BCUT2D eigenvalue weighted by molar-refractivity contribution is -0.173. The molecule has 1 aliphatic heterocycles. The molecule has 2 aromatic rings. The van der Waals surface area contributed by atoms with Crippen LogP contribution in [-0.4, -0.2) is 42.1 Å². The molecule has 1 amide bonds. The van der Waals surface area contributed by atoms with Crippen molar-refractivity contribution in [2.45, 2.75) is 24.7 Å². The summed E-state index contributed by atoms with van der Waals surface area (Å²) in [5.41, 5.74) is -0.0929. The Morgan fingerprint density at radius 2 is 2.35 bits per heavy atom. The highest BCUT2D eigenvalue weighted by atomic mass is 79.9. The maximum Gasteiger partial charge on any atom is 0.410 e. The van der Waals surface area contributed by atoms with Crippen LogP contribution in [0, 0.1) is 0 Å². The van der Waals surface area contributed by atoms with Crippen molar-refractivity contribution in [3.05, 3.63) is 32.6 Å². The molecular weight excluding hydrogens is 437 g/mol. The molecule has 3 rings (SSSR count). The average molecular weight is 453 g/mol. The summed E-state index contributed by atoms with van der Waals surface area (Å²) in [6, 6.07) is 1.25. The number of anilines is 1. The minimum atomic E-state index is -4.48. The molecule has 0 saturated carbocycles. The van der Waals surface area contributed by atoms with Crippen LogP contribution in [0.4, 0.5) is 19.0 Å². The van der Waals surface area contributed by atoms with Crippen molar-refractivity contribution < 1.29 is 22.7 Å². The quantitative estimate of drug-likeness (QED) is 0.677. The lowest BCUT2D eigenvalue weighted by Crippen LogP contribution is -2.35. The number of aromatic nitrogens is 2. The number of carbonyl (C=O) groups is 1. The van der Waals surface area contributed by atoms with Gasteiger partial charge in [-0.05, 0) is 27.4 Å². The van der Waals surface area contributed by atoms with E-state index >= 15 is 0 Å². The maximum atomic E-state index is 13.6. The van der Waals surface area contributed by atoms with E-state index in [1.807, 2.05) is 5.38 Å². The number of carbonyl (C=O) groups excluding carboxylic acids is 1. The molecule has 0 fully saturated rings. The van der Waals surface area contributed by atoms with Gasteiger partial charge in [-0.25, -0.2) is 4.68 Å². The van der Waals surface area contributed by atoms with Gasteiger partial charge in [0.2, 0.25) is 0 Å². The highest BCUT2D eigenvalue weighted by molar-refractivity contribution is 9.10. The highest BCUT2D eigenvalue weighted by Gasteiger charge is 2.47. The first-order valence-corrected chi connectivity index (χ1v) is 9.42. The Morgan fingerprint density at radius 3 is 2.96 bits per heavy atom. The predicted molar refractivity (Wildman–Crippen MR) is 94.5 cm³/mol. The number of rotatable bonds is 5. The van der Waals surface area contributed by atoms with E-state index in [2.05, 4.69) is 31.7 Å². The van der Waals surface area contributed by atoms with Crippen LogP contribution in [0.1, 0.15) is 33.9 Å². The van der Waals surface area contributed by atoms with E-state index in [-0.39, 0.29) is 29.0 Å². The van der Waals surface area contributed by atoms with E-state index in [1.165, 1.54) is 18.4 Å². The van der Waals surface area contributed by atoms with Gasteiger partial charge in [-0.1, -0.05) is 6.07 Å². The summed E-state index contributed by atoms with van der Waals surface area (Å²) >= 11 is 4.61. The zero-order valence-corrected chi connectivity index (χ0v) is 16.0. The molecule has 2 aromatic heterocycles. The van der Waals surface area contributed by atoms with Crippen molar-refractivity contribution in [2.75, 3.05) is 25.6 Å². The lowest BCUT2D eigenvalue weighted by atomic mass is 10.0. The van der Waals surface area contributed by atoms with Crippen molar-refractivity contribution in [3.63, 3.8) is 0 Å². The van der Waals surface area contributed by atoms with Crippen molar-refractivity contribution in [2.24, 2.45) is 0 Å². The first-order chi connectivity index (χ1) is 12.3. The molecule has 26 heavy (non-hydrogen) atoms. The van der Waals surface area contributed by atoms with E-state index in [4.69, 9.17) is 4.74 Å². The van der Waals surface area contributed by atoms with Crippen LogP contribution in [0.3, 0.4) is 0 Å². The van der Waals surface area contributed by atoms with E-state index in [9.17, 15) is 18.0 Å². The number of halogens is 4. The molecule has 3 heterocycles. The number of hydrogen-bond acceptors (Lipinski definition) is 5. The summed E-state index contributed by atoms with van der Waals surface area (Å²) in [6.07, 6.45) is -4.68. The molecule has 1 aliphatic rings. The Labute approximate surface area is 159 Å². The number of alkyl halides is 3. The Bertz CT molecular complexity index is 779. The van der Waals surface area contributed by atoms with Crippen molar-refractivity contribution >= 4 is 39.0 Å². The Balaban J connectivity index is 1.95. The minimum absolute atomic E-state index is 0.0929. The molecule has 0 saturated heterocycles. The summed E-state index contributed by atoms with van der Waals surface area (Å²) in [5, 5.41) is 11.4. The standard InChI is InChI=1S/C15H16BrF3N4O2S/c1-25-5-4-20-14(24)12-11(16)13-21-8(9-3-2-6-26-9)7-10(15(17,18)19)23(13)22-12/h2-3,6,8,10,21H,4-5,7H2,1H3,(H,20,24)/t8-,10-/m0/s1. The third-order valence-corrected chi connectivity index (χ3v) is 5.73. The van der Waals surface area contributed by atoms with Crippen LogP contribution < -0.4 is 10.6 Å². The minimum Gasteiger partial charge on any atom is -0.383 e. The normalized spacial score (nSPS) is 19.7. The molecular formula is C15H16BrF3N4O2S. The van der Waals surface area contributed by atoms with Gasteiger partial charge in [0, 0.05) is 25.0 Å². The molecule has 0 unspecified atom stereocenters. The van der Waals surface area contributed by atoms with Gasteiger partial charge in [0.15, 0.2) is 11.7 Å². The number of amides is 1. The molecule has 142 valence electrons. The van der Waals surface area contributed by atoms with Gasteiger partial charge in [0.05, 0.1) is 17.1 Å². The van der Waals surface area contributed by atoms with Gasteiger partial charge in [-0.15, -0.1) is 11.3 Å². The monoisotopic (exact) mass is 452 g/mol. The number of nitrogens with one attached hydrogen (secondary N) is 2. The summed E-state index contributed by atoms with van der Waals surface area (Å²) < 4.78 is 46.7. The lowest BCUT2D eigenvalue weighted by Gasteiger charge is -2.33. The highest BCUT2D eigenvalue weighted by Crippen LogP contribution is 2.46. The second-order valence-corrected chi connectivity index (χ2v) is 7.48. The zero-order valence-electron chi connectivity index (χ0n) is 13.6. The molecule has 11 heteroatoms. The number of thiophene rings is 1. The summed E-state index contributed by atoms with van der Waals surface area (Å²) in [4.78, 5) is 13.0. The van der Waals surface area contributed by atoms with Crippen LogP contribution >= 0.6 is 27.3 Å². The van der Waals surface area contributed by atoms with E-state index < -0.39 is 24.2 Å². The molecule has 0 bridgehead atoms. The van der Waals surface area contributed by atoms with Crippen molar-refractivity contribution in [3.8, 4) is 0 Å².